The Morgan fingerprint density at radius 1 is 1.03 bits per heavy atom. The third-order valence-electron chi connectivity index (χ3n) is 3.67. The quantitative estimate of drug-likeness (QED) is 0.449. The summed E-state index contributed by atoms with van der Waals surface area (Å²) in [5, 5.41) is 0. The molecule has 164 valence electrons. The Hall–Kier alpha value is -2.76. The molecule has 5 nitrogen and oxygen atoms in total. The lowest BCUT2D eigenvalue weighted by Crippen LogP contribution is -2.43. The first kappa shape index (κ1) is 23.5. The van der Waals surface area contributed by atoms with Crippen molar-refractivity contribution in [3.8, 4) is 11.4 Å². The van der Waals surface area contributed by atoms with Gasteiger partial charge in [0, 0.05) is 11.8 Å². The Balaban J connectivity index is 2.61. The molecule has 0 radical (unpaired) electrons. The monoisotopic (exact) mass is 440 g/mol. The fraction of sp³-hybridized carbons (Fsp3) is 0.389. The lowest BCUT2D eigenvalue weighted by atomic mass is 10.1. The van der Waals surface area contributed by atoms with Gasteiger partial charge in [0.15, 0.2) is 5.82 Å². The van der Waals surface area contributed by atoms with Crippen molar-refractivity contribution in [2.24, 2.45) is 0 Å². The molecule has 0 fully saturated rings. The van der Waals surface area contributed by atoms with Crippen LogP contribution >= 0.6 is 0 Å². The number of carbonyl (C=O) groups is 1. The van der Waals surface area contributed by atoms with Crippen molar-refractivity contribution >= 4 is 5.97 Å². The van der Waals surface area contributed by atoms with Crippen molar-refractivity contribution in [2.45, 2.75) is 31.6 Å². The van der Waals surface area contributed by atoms with Gasteiger partial charge in [0.1, 0.15) is 11.3 Å². The molecule has 1 heterocycles. The van der Waals surface area contributed by atoms with Crippen LogP contribution in [0, 0.1) is 0 Å². The van der Waals surface area contributed by atoms with Crippen molar-refractivity contribution in [1.29, 1.82) is 0 Å². The Bertz CT molecular complexity index is 872. The third kappa shape index (κ3) is 5.43. The summed E-state index contributed by atoms with van der Waals surface area (Å²) in [5.74, 6) is -6.60. The van der Waals surface area contributed by atoms with Gasteiger partial charge in [0.25, 0.3) is 0 Å². The Kier molecular flexibility index (Phi) is 7.01. The van der Waals surface area contributed by atoms with Crippen LogP contribution in [0.2, 0.25) is 0 Å². The molecule has 0 saturated heterocycles. The van der Waals surface area contributed by atoms with Crippen LogP contribution in [0.15, 0.2) is 36.5 Å². The molecule has 2 aromatic rings. The van der Waals surface area contributed by atoms with Crippen LogP contribution in [0.25, 0.3) is 11.4 Å². The van der Waals surface area contributed by atoms with E-state index in [-0.39, 0.29) is 12.2 Å². The van der Waals surface area contributed by atoms with Crippen molar-refractivity contribution in [2.75, 3.05) is 13.2 Å². The number of carbonyl (C=O) groups excluding carboxylic acids is 1. The van der Waals surface area contributed by atoms with E-state index >= 15 is 4.39 Å². The Labute approximate surface area is 165 Å². The molecule has 0 bridgehead atoms. The Morgan fingerprint density at radius 3 is 2.20 bits per heavy atom. The molecule has 30 heavy (non-hydrogen) atoms. The van der Waals surface area contributed by atoms with E-state index in [9.17, 15) is 31.1 Å². The highest BCUT2D eigenvalue weighted by Crippen LogP contribution is 2.45. The molecule has 0 spiro atoms. The summed E-state index contributed by atoms with van der Waals surface area (Å²) in [5.41, 5.74) is -2.44. The standard InChI is InChI=1S/C18H15F7N2O3/c1-2-29-15(28)12-10-26-14(11-6-4-3-5-7-11)27-13(12)17(22,18(23,24)25)30-9-8-16(19,20)21/h3-7,10H,2,8-9H2,1H3. The van der Waals surface area contributed by atoms with Gasteiger partial charge in [-0.25, -0.2) is 14.8 Å². The molecule has 0 aliphatic heterocycles. The number of alkyl halides is 7. The van der Waals surface area contributed by atoms with Crippen molar-refractivity contribution < 1.29 is 45.0 Å². The largest absolute Gasteiger partial charge is 0.462 e. The van der Waals surface area contributed by atoms with Gasteiger partial charge in [-0.2, -0.15) is 30.7 Å². The van der Waals surface area contributed by atoms with Gasteiger partial charge in [0.05, 0.1) is 19.6 Å². The van der Waals surface area contributed by atoms with Crippen LogP contribution < -0.4 is 0 Å². The second-order valence-electron chi connectivity index (χ2n) is 5.85. The maximum atomic E-state index is 15.2. The number of aromatic nitrogens is 2. The van der Waals surface area contributed by atoms with Gasteiger partial charge < -0.3 is 9.47 Å². The predicted octanol–water partition coefficient (Wildman–Crippen LogP) is 4.97. The third-order valence-corrected chi connectivity index (χ3v) is 3.67. The SMILES string of the molecule is CCOC(=O)c1cnc(-c2ccccc2)nc1C(F)(OCCC(F)(F)F)C(F)(F)F. The highest BCUT2D eigenvalue weighted by atomic mass is 19.4. The number of nitrogens with zero attached hydrogens (tertiary/aromatic N) is 2. The fourth-order valence-electron chi connectivity index (χ4n) is 2.30. The van der Waals surface area contributed by atoms with Gasteiger partial charge in [-0.15, -0.1) is 0 Å². The second kappa shape index (κ2) is 8.94. The van der Waals surface area contributed by atoms with E-state index in [4.69, 9.17) is 0 Å². The minimum absolute atomic E-state index is 0.175. The van der Waals surface area contributed by atoms with E-state index in [1.54, 1.807) is 6.07 Å². The van der Waals surface area contributed by atoms with Crippen LogP contribution in [0.1, 0.15) is 29.4 Å². The van der Waals surface area contributed by atoms with Crippen molar-refractivity contribution in [3.63, 3.8) is 0 Å². The number of rotatable bonds is 7. The molecule has 1 unspecified atom stereocenters. The van der Waals surface area contributed by atoms with Crippen LogP contribution in [0.5, 0.6) is 0 Å². The molecule has 1 aromatic heterocycles. The van der Waals surface area contributed by atoms with E-state index in [1.807, 2.05) is 0 Å². The van der Waals surface area contributed by atoms with Gasteiger partial charge in [-0.05, 0) is 6.92 Å². The predicted molar refractivity (Wildman–Crippen MR) is 88.9 cm³/mol. The summed E-state index contributed by atoms with van der Waals surface area (Å²) in [6.07, 6.45) is -12.0. The molecular weight excluding hydrogens is 425 g/mol. The maximum Gasteiger partial charge on any atom is 0.454 e. The number of hydrogen-bond acceptors (Lipinski definition) is 5. The molecule has 0 amide bonds. The average molecular weight is 440 g/mol. The van der Waals surface area contributed by atoms with E-state index in [0.29, 0.717) is 6.20 Å². The smallest absolute Gasteiger partial charge is 0.454 e. The summed E-state index contributed by atoms with van der Waals surface area (Å²) in [4.78, 5) is 19.3. The summed E-state index contributed by atoms with van der Waals surface area (Å²) in [6.45, 7) is -0.575. The highest BCUT2D eigenvalue weighted by Gasteiger charge is 2.62. The average Bonchev–Trinajstić information content (AvgIpc) is 2.66. The first-order valence-corrected chi connectivity index (χ1v) is 8.45. The molecule has 2 rings (SSSR count). The van der Waals surface area contributed by atoms with Crippen molar-refractivity contribution in [3.05, 3.63) is 47.8 Å². The zero-order chi connectivity index (χ0) is 22.6. The number of halogens is 7. The number of benzene rings is 1. The highest BCUT2D eigenvalue weighted by molar-refractivity contribution is 5.90. The number of ether oxygens (including phenoxy) is 2. The van der Waals surface area contributed by atoms with Crippen molar-refractivity contribution in [1.82, 2.24) is 9.97 Å². The van der Waals surface area contributed by atoms with Gasteiger partial charge in [-0.1, -0.05) is 30.3 Å². The Morgan fingerprint density at radius 2 is 1.67 bits per heavy atom. The van der Waals surface area contributed by atoms with Crippen LogP contribution in [-0.2, 0) is 15.3 Å². The number of esters is 1. The fourth-order valence-corrected chi connectivity index (χ4v) is 2.30. The van der Waals surface area contributed by atoms with Crippen LogP contribution in [0.3, 0.4) is 0 Å². The van der Waals surface area contributed by atoms with E-state index in [2.05, 4.69) is 19.4 Å². The minimum Gasteiger partial charge on any atom is -0.462 e. The summed E-state index contributed by atoms with van der Waals surface area (Å²) < 4.78 is 102. The molecular formula is C18H15F7N2O3. The molecule has 0 aliphatic carbocycles. The molecule has 0 saturated carbocycles. The zero-order valence-electron chi connectivity index (χ0n) is 15.4. The molecule has 1 aromatic carbocycles. The van der Waals surface area contributed by atoms with Gasteiger partial charge in [-0.3, -0.25) is 0 Å². The lowest BCUT2D eigenvalue weighted by molar-refractivity contribution is -0.347. The number of hydrogen-bond donors (Lipinski definition) is 0. The summed E-state index contributed by atoms with van der Waals surface area (Å²) >= 11 is 0. The first-order valence-electron chi connectivity index (χ1n) is 8.45. The van der Waals surface area contributed by atoms with Crippen LogP contribution in [-0.4, -0.2) is 41.5 Å². The molecule has 1 atom stereocenters. The van der Waals surface area contributed by atoms with Crippen LogP contribution in [0.4, 0.5) is 30.7 Å². The molecule has 12 heteroatoms. The van der Waals surface area contributed by atoms with E-state index in [0.717, 1.165) is 0 Å². The lowest BCUT2D eigenvalue weighted by Gasteiger charge is -2.28. The minimum atomic E-state index is -5.86. The normalized spacial score (nSPS) is 14.3. The summed E-state index contributed by atoms with van der Waals surface area (Å²) in [7, 11) is 0. The maximum absolute atomic E-state index is 15.2. The summed E-state index contributed by atoms with van der Waals surface area (Å²) in [6, 6.07) is 7.41. The first-order chi connectivity index (χ1) is 13.9. The molecule has 0 aliphatic rings. The zero-order valence-corrected chi connectivity index (χ0v) is 15.4. The van der Waals surface area contributed by atoms with Gasteiger partial charge >= 0.3 is 24.2 Å². The van der Waals surface area contributed by atoms with Gasteiger partial charge in [0.2, 0.25) is 0 Å². The topological polar surface area (TPSA) is 61.3 Å². The second-order valence-corrected chi connectivity index (χ2v) is 5.85. The molecule has 0 N–H and O–H groups in total. The van der Waals surface area contributed by atoms with E-state index in [1.165, 1.54) is 31.2 Å². The van der Waals surface area contributed by atoms with E-state index < -0.39 is 54.3 Å².